The molecular weight excluding hydrogens is 338 g/mol. The van der Waals surface area contributed by atoms with Gasteiger partial charge >= 0.3 is 5.97 Å². The Morgan fingerprint density at radius 1 is 1.04 bits per heavy atom. The van der Waals surface area contributed by atoms with Crippen LogP contribution in [0.25, 0.3) is 10.8 Å². The first-order valence-electron chi connectivity index (χ1n) is 7.79. The van der Waals surface area contributed by atoms with Crippen LogP contribution in [0.3, 0.4) is 0 Å². The molecule has 1 aliphatic heterocycles. The minimum atomic E-state index is -3.76. The van der Waals surface area contributed by atoms with Crippen molar-refractivity contribution in [1.82, 2.24) is 0 Å². The average Bonchev–Trinajstić information content (AvgIpc) is 2.78. The summed E-state index contributed by atoms with van der Waals surface area (Å²) >= 11 is 0. The van der Waals surface area contributed by atoms with E-state index in [4.69, 9.17) is 4.74 Å². The lowest BCUT2D eigenvalue weighted by molar-refractivity contribution is -0.132. The first kappa shape index (κ1) is 15.7. The highest BCUT2D eigenvalue weighted by molar-refractivity contribution is 7.93. The molecule has 6 heteroatoms. The first-order valence-corrected chi connectivity index (χ1v) is 9.23. The first-order chi connectivity index (χ1) is 12.0. The predicted molar refractivity (Wildman–Crippen MR) is 95.3 cm³/mol. The zero-order valence-corrected chi connectivity index (χ0v) is 14.3. The summed E-state index contributed by atoms with van der Waals surface area (Å²) in [6, 6.07) is 17.5. The molecule has 0 spiro atoms. The Kier molecular flexibility index (Phi) is 3.51. The second kappa shape index (κ2) is 5.60. The summed E-state index contributed by atoms with van der Waals surface area (Å²) in [4.78, 5) is 12.5. The molecule has 4 rings (SSSR count). The van der Waals surface area contributed by atoms with Gasteiger partial charge in [-0.3, -0.25) is 4.31 Å². The summed E-state index contributed by atoms with van der Waals surface area (Å²) in [7, 11) is -3.76. The Morgan fingerprint density at radius 2 is 1.76 bits per heavy atom. The number of ether oxygens (including phenoxy) is 1. The fourth-order valence-corrected chi connectivity index (χ4v) is 4.74. The van der Waals surface area contributed by atoms with Gasteiger partial charge in [0.1, 0.15) is 12.3 Å². The maximum Gasteiger partial charge on any atom is 0.332 e. The molecule has 0 amide bonds. The second-order valence-corrected chi connectivity index (χ2v) is 7.76. The van der Waals surface area contributed by atoms with E-state index in [9.17, 15) is 13.2 Å². The summed E-state index contributed by atoms with van der Waals surface area (Å²) in [6.07, 6.45) is 0. The van der Waals surface area contributed by atoms with Crippen LogP contribution in [-0.4, -0.2) is 20.9 Å². The Balaban J connectivity index is 1.68. The normalized spacial score (nSPS) is 14.7. The summed E-state index contributed by atoms with van der Waals surface area (Å²) in [5.41, 5.74) is 1.46. The molecule has 126 valence electrons. The molecule has 1 aliphatic rings. The van der Waals surface area contributed by atoms with Crippen LogP contribution < -0.4 is 9.04 Å². The zero-order chi connectivity index (χ0) is 17.6. The summed E-state index contributed by atoms with van der Waals surface area (Å²) < 4.78 is 32.1. The van der Waals surface area contributed by atoms with Crippen molar-refractivity contribution in [2.24, 2.45) is 0 Å². The Morgan fingerprint density at radius 3 is 2.52 bits per heavy atom. The van der Waals surface area contributed by atoms with Gasteiger partial charge in [-0.15, -0.1) is 0 Å². The van der Waals surface area contributed by atoms with Crippen molar-refractivity contribution in [3.8, 4) is 5.75 Å². The summed E-state index contributed by atoms with van der Waals surface area (Å²) in [6.45, 7) is 1.52. The molecule has 25 heavy (non-hydrogen) atoms. The molecule has 0 atom stereocenters. The van der Waals surface area contributed by atoms with Crippen molar-refractivity contribution in [3.63, 3.8) is 0 Å². The molecule has 0 radical (unpaired) electrons. The van der Waals surface area contributed by atoms with Crippen LogP contribution in [0.2, 0.25) is 0 Å². The minimum absolute atomic E-state index is 0.226. The number of nitrogens with zero attached hydrogens (tertiary/aromatic N) is 1. The highest BCUT2D eigenvalue weighted by atomic mass is 32.2. The van der Waals surface area contributed by atoms with Crippen molar-refractivity contribution in [2.75, 3.05) is 10.8 Å². The van der Waals surface area contributed by atoms with Crippen LogP contribution in [0.15, 0.2) is 65.6 Å². The van der Waals surface area contributed by atoms with Gasteiger partial charge in [0.25, 0.3) is 10.0 Å². The highest BCUT2D eigenvalue weighted by Crippen LogP contribution is 2.41. The third-order valence-corrected chi connectivity index (χ3v) is 5.98. The SMILES string of the molecule is Cc1cccc(OC(=O)CN2c3cccc4cccc(c34)S2(=O)=O)c1. The fourth-order valence-electron chi connectivity index (χ4n) is 3.09. The number of rotatable bonds is 3. The van der Waals surface area contributed by atoms with Gasteiger partial charge in [0.15, 0.2) is 0 Å². The number of esters is 1. The van der Waals surface area contributed by atoms with Gasteiger partial charge in [0.2, 0.25) is 0 Å². The zero-order valence-electron chi connectivity index (χ0n) is 13.5. The highest BCUT2D eigenvalue weighted by Gasteiger charge is 2.37. The molecule has 1 heterocycles. The van der Waals surface area contributed by atoms with Crippen molar-refractivity contribution in [3.05, 3.63) is 66.2 Å². The maximum atomic E-state index is 12.8. The van der Waals surface area contributed by atoms with Gasteiger partial charge in [0.05, 0.1) is 10.6 Å². The third-order valence-electron chi connectivity index (χ3n) is 4.18. The average molecular weight is 353 g/mol. The number of hydrogen-bond donors (Lipinski definition) is 0. The lowest BCUT2D eigenvalue weighted by atomic mass is 10.1. The van der Waals surface area contributed by atoms with Crippen molar-refractivity contribution >= 4 is 32.5 Å². The third kappa shape index (κ3) is 2.55. The molecular formula is C19H15NO4S. The monoisotopic (exact) mass is 353 g/mol. The quantitative estimate of drug-likeness (QED) is 0.535. The van der Waals surface area contributed by atoms with Gasteiger partial charge in [-0.25, -0.2) is 13.2 Å². The molecule has 0 saturated heterocycles. The maximum absolute atomic E-state index is 12.8. The number of sulfonamides is 1. The van der Waals surface area contributed by atoms with E-state index >= 15 is 0 Å². The topological polar surface area (TPSA) is 63.7 Å². The van der Waals surface area contributed by atoms with E-state index in [2.05, 4.69) is 0 Å². The van der Waals surface area contributed by atoms with Gasteiger partial charge in [-0.1, -0.05) is 36.4 Å². The number of hydrogen-bond acceptors (Lipinski definition) is 4. The van der Waals surface area contributed by atoms with E-state index in [0.29, 0.717) is 16.8 Å². The molecule has 3 aromatic rings. The Bertz CT molecular complexity index is 1100. The van der Waals surface area contributed by atoms with Crippen LogP contribution >= 0.6 is 0 Å². The number of benzene rings is 3. The molecule has 0 bridgehead atoms. The number of carbonyl (C=O) groups excluding carboxylic acids is 1. The van der Waals surface area contributed by atoms with Gasteiger partial charge in [0, 0.05) is 5.39 Å². The van der Waals surface area contributed by atoms with Crippen LogP contribution in [0.1, 0.15) is 5.56 Å². The van der Waals surface area contributed by atoms with E-state index in [1.165, 1.54) is 0 Å². The fraction of sp³-hybridized carbons (Fsp3) is 0.105. The summed E-state index contributed by atoms with van der Waals surface area (Å²) in [5.74, 6) is -0.226. The van der Waals surface area contributed by atoms with Gasteiger partial charge < -0.3 is 4.74 Å². The molecule has 0 fully saturated rings. The summed E-state index contributed by atoms with van der Waals surface area (Å²) in [5, 5.41) is 1.47. The number of aryl methyl sites for hydroxylation is 1. The van der Waals surface area contributed by atoms with Crippen molar-refractivity contribution in [1.29, 1.82) is 0 Å². The Hall–Kier alpha value is -2.86. The van der Waals surface area contributed by atoms with Crippen LogP contribution in [-0.2, 0) is 14.8 Å². The number of anilines is 1. The van der Waals surface area contributed by atoms with E-state index in [-0.39, 0.29) is 11.4 Å². The largest absolute Gasteiger partial charge is 0.425 e. The lowest BCUT2D eigenvalue weighted by Crippen LogP contribution is -2.34. The van der Waals surface area contributed by atoms with E-state index in [1.54, 1.807) is 42.5 Å². The van der Waals surface area contributed by atoms with Gasteiger partial charge in [-0.2, -0.15) is 0 Å². The molecule has 3 aromatic carbocycles. The van der Waals surface area contributed by atoms with E-state index in [1.807, 2.05) is 25.1 Å². The van der Waals surface area contributed by atoms with Crippen molar-refractivity contribution < 1.29 is 17.9 Å². The molecule has 0 saturated carbocycles. The number of carbonyl (C=O) groups is 1. The molecule has 0 aromatic heterocycles. The van der Waals surface area contributed by atoms with Crippen LogP contribution in [0.5, 0.6) is 5.75 Å². The van der Waals surface area contributed by atoms with Crippen LogP contribution in [0.4, 0.5) is 5.69 Å². The predicted octanol–water partition coefficient (Wildman–Crippen LogP) is 3.26. The standard InChI is InChI=1S/C19H15NO4S/c1-13-5-2-8-15(11-13)24-18(21)12-20-16-9-3-6-14-7-4-10-17(19(14)16)25(20,22)23/h2-11H,12H2,1H3. The van der Waals surface area contributed by atoms with E-state index in [0.717, 1.165) is 15.3 Å². The van der Waals surface area contributed by atoms with Crippen molar-refractivity contribution in [2.45, 2.75) is 11.8 Å². The molecule has 0 N–H and O–H groups in total. The smallest absolute Gasteiger partial charge is 0.332 e. The van der Waals surface area contributed by atoms with Crippen LogP contribution in [0, 0.1) is 6.92 Å². The van der Waals surface area contributed by atoms with E-state index < -0.39 is 16.0 Å². The Labute approximate surface area is 145 Å². The molecule has 0 aliphatic carbocycles. The minimum Gasteiger partial charge on any atom is -0.425 e. The van der Waals surface area contributed by atoms with Gasteiger partial charge in [-0.05, 0) is 42.1 Å². The molecule has 5 nitrogen and oxygen atoms in total. The molecule has 0 unspecified atom stereocenters. The lowest BCUT2D eigenvalue weighted by Gasteiger charge is -2.17. The second-order valence-electron chi connectivity index (χ2n) is 5.93.